The van der Waals surface area contributed by atoms with Crippen LogP contribution in [0.3, 0.4) is 0 Å². The van der Waals surface area contributed by atoms with Crippen molar-refractivity contribution >= 4 is 29.5 Å². The van der Waals surface area contributed by atoms with Crippen molar-refractivity contribution in [3.63, 3.8) is 0 Å². The topological polar surface area (TPSA) is 133 Å². The van der Waals surface area contributed by atoms with Gasteiger partial charge >= 0.3 is 17.9 Å². The summed E-state index contributed by atoms with van der Waals surface area (Å²) < 4.78 is 16.1. The molecule has 0 aromatic rings. The SMILES string of the molecule is CCCCCC[C@@H](C)C1=C(OC(C)=O)C(=O)[C@@H]2[C@H](O)[C@H](C)C[C@H](OC(C)=O)[C@H]2[C@]1(C)C(=O)/C=C/OC(C)=O. The molecule has 212 valence electrons. The molecule has 9 nitrogen and oxygen atoms in total. The molecule has 0 saturated heterocycles. The van der Waals surface area contributed by atoms with Crippen LogP contribution in [0.25, 0.3) is 0 Å². The number of aliphatic hydroxyl groups excluding tert-OH is 1. The number of carbonyl (C=O) groups is 5. The van der Waals surface area contributed by atoms with Gasteiger partial charge in [-0.2, -0.15) is 0 Å². The molecule has 0 heterocycles. The van der Waals surface area contributed by atoms with Crippen molar-refractivity contribution in [2.45, 2.75) is 99.2 Å². The van der Waals surface area contributed by atoms with Gasteiger partial charge in [-0.3, -0.25) is 24.0 Å². The number of hydrogen-bond acceptors (Lipinski definition) is 9. The van der Waals surface area contributed by atoms with Gasteiger partial charge in [0.15, 0.2) is 11.5 Å². The molecule has 1 saturated carbocycles. The minimum absolute atomic E-state index is 0.229. The Morgan fingerprint density at radius 2 is 1.74 bits per heavy atom. The van der Waals surface area contributed by atoms with Crippen LogP contribution in [0.5, 0.6) is 0 Å². The summed E-state index contributed by atoms with van der Waals surface area (Å²) in [7, 11) is 0. The van der Waals surface area contributed by atoms with E-state index in [4.69, 9.17) is 14.2 Å². The van der Waals surface area contributed by atoms with E-state index in [0.29, 0.717) is 12.0 Å². The molecule has 38 heavy (non-hydrogen) atoms. The van der Waals surface area contributed by atoms with E-state index in [1.165, 1.54) is 20.8 Å². The van der Waals surface area contributed by atoms with E-state index in [1.54, 1.807) is 13.8 Å². The van der Waals surface area contributed by atoms with E-state index in [0.717, 1.165) is 38.0 Å². The molecule has 7 atom stereocenters. The molecule has 0 unspecified atom stereocenters. The second kappa shape index (κ2) is 13.3. The number of carbonyl (C=O) groups excluding carboxylic acids is 5. The summed E-state index contributed by atoms with van der Waals surface area (Å²) in [6, 6.07) is 0. The summed E-state index contributed by atoms with van der Waals surface area (Å²) >= 11 is 0. The monoisotopic (exact) mass is 534 g/mol. The molecule has 0 radical (unpaired) electrons. The summed E-state index contributed by atoms with van der Waals surface area (Å²) in [4.78, 5) is 63.6. The Morgan fingerprint density at radius 3 is 2.29 bits per heavy atom. The lowest BCUT2D eigenvalue weighted by Crippen LogP contribution is -2.61. The average molecular weight is 535 g/mol. The van der Waals surface area contributed by atoms with E-state index in [9.17, 15) is 29.1 Å². The van der Waals surface area contributed by atoms with Gasteiger partial charge in [-0.25, -0.2) is 0 Å². The number of Topliss-reactive ketones (excluding diaryl/α,β-unsaturated/α-hetero) is 1. The van der Waals surface area contributed by atoms with Crippen LogP contribution in [0.15, 0.2) is 23.7 Å². The Balaban J connectivity index is 2.82. The van der Waals surface area contributed by atoms with Crippen molar-refractivity contribution < 1.29 is 43.3 Å². The maximum atomic E-state index is 14.0. The van der Waals surface area contributed by atoms with Gasteiger partial charge in [0.1, 0.15) is 6.10 Å². The Kier molecular flexibility index (Phi) is 11.0. The number of ketones is 2. The van der Waals surface area contributed by atoms with Crippen LogP contribution >= 0.6 is 0 Å². The lowest BCUT2D eigenvalue weighted by Gasteiger charge is -2.54. The van der Waals surface area contributed by atoms with E-state index >= 15 is 0 Å². The molecule has 9 heteroatoms. The normalized spacial score (nSPS) is 30.0. The predicted octanol–water partition coefficient (Wildman–Crippen LogP) is 4.21. The predicted molar refractivity (Wildman–Crippen MR) is 138 cm³/mol. The molecule has 2 aliphatic carbocycles. The fourth-order valence-corrected chi connectivity index (χ4v) is 6.20. The molecule has 0 aliphatic heterocycles. The molecule has 0 spiro atoms. The van der Waals surface area contributed by atoms with E-state index in [-0.39, 0.29) is 18.1 Å². The standard InChI is InChI=1S/C29H42O9/c1-8-9-10-11-12-16(2)24-28(38-20(6)32)27(35)23-25(21(37-19(5)31)15-17(3)26(23)34)29(24,7)22(33)13-14-36-18(4)30/h13-14,16-17,21,23,25-26,34H,8-12,15H2,1-7H3/b14-13+/t16-,17-,21+,23+,25-,26-,29-/m1/s1. The first kappa shape index (κ1) is 31.4. The number of fused-ring (bicyclic) bond motifs is 1. The molecule has 1 fully saturated rings. The van der Waals surface area contributed by atoms with Gasteiger partial charge in [0.2, 0.25) is 5.78 Å². The van der Waals surface area contributed by atoms with Gasteiger partial charge in [-0.05, 0) is 37.2 Å². The first-order valence-corrected chi connectivity index (χ1v) is 13.5. The van der Waals surface area contributed by atoms with Crippen LogP contribution in [0.1, 0.15) is 87.0 Å². The Morgan fingerprint density at radius 1 is 1.08 bits per heavy atom. The van der Waals surface area contributed by atoms with Crippen LogP contribution in [0.4, 0.5) is 0 Å². The van der Waals surface area contributed by atoms with Gasteiger partial charge in [-0.15, -0.1) is 0 Å². The number of aliphatic hydroxyl groups is 1. The first-order valence-electron chi connectivity index (χ1n) is 13.5. The van der Waals surface area contributed by atoms with E-state index < -0.39 is 64.9 Å². The van der Waals surface area contributed by atoms with Crippen molar-refractivity contribution in [3.8, 4) is 0 Å². The minimum Gasteiger partial charge on any atom is -0.462 e. The zero-order valence-electron chi connectivity index (χ0n) is 23.6. The third-order valence-corrected chi connectivity index (χ3v) is 7.85. The molecule has 2 rings (SSSR count). The molecule has 0 bridgehead atoms. The lowest BCUT2D eigenvalue weighted by atomic mass is 9.50. The lowest BCUT2D eigenvalue weighted by molar-refractivity contribution is -0.178. The summed E-state index contributed by atoms with van der Waals surface area (Å²) in [5, 5.41) is 11.2. The second-order valence-corrected chi connectivity index (χ2v) is 10.8. The highest BCUT2D eigenvalue weighted by Crippen LogP contribution is 2.57. The van der Waals surface area contributed by atoms with Gasteiger partial charge < -0.3 is 19.3 Å². The summed E-state index contributed by atoms with van der Waals surface area (Å²) in [5.74, 6) is -6.07. The third kappa shape index (κ3) is 6.79. The average Bonchev–Trinajstić information content (AvgIpc) is 2.81. The van der Waals surface area contributed by atoms with Crippen molar-refractivity contribution in [3.05, 3.63) is 23.7 Å². The summed E-state index contributed by atoms with van der Waals surface area (Å²) in [6.07, 6.45) is 4.81. The maximum Gasteiger partial charge on any atom is 0.308 e. The minimum atomic E-state index is -1.51. The fourth-order valence-electron chi connectivity index (χ4n) is 6.20. The Hall–Kier alpha value is -2.81. The highest BCUT2D eigenvalue weighted by molar-refractivity contribution is 6.06. The molecule has 0 aromatic heterocycles. The number of ether oxygens (including phenoxy) is 3. The maximum absolute atomic E-state index is 14.0. The number of unbranched alkanes of at least 4 members (excludes halogenated alkanes) is 3. The van der Waals surface area contributed by atoms with Gasteiger partial charge in [0, 0.05) is 32.8 Å². The highest BCUT2D eigenvalue weighted by atomic mass is 16.5. The van der Waals surface area contributed by atoms with Crippen LogP contribution < -0.4 is 0 Å². The summed E-state index contributed by atoms with van der Waals surface area (Å²) in [5.41, 5.74) is -1.17. The quantitative estimate of drug-likeness (QED) is 0.136. The molecule has 2 aliphatic rings. The zero-order valence-corrected chi connectivity index (χ0v) is 23.6. The Labute approximate surface area is 225 Å². The molecule has 0 amide bonds. The number of rotatable bonds is 11. The van der Waals surface area contributed by atoms with Crippen molar-refractivity contribution in [2.24, 2.45) is 29.1 Å². The Bertz CT molecular complexity index is 994. The van der Waals surface area contributed by atoms with Crippen LogP contribution in [-0.4, -0.2) is 46.8 Å². The molecule has 1 N–H and O–H groups in total. The van der Waals surface area contributed by atoms with Gasteiger partial charge in [0.05, 0.1) is 23.7 Å². The third-order valence-electron chi connectivity index (χ3n) is 7.85. The number of hydrogen-bond donors (Lipinski definition) is 1. The molecular weight excluding hydrogens is 492 g/mol. The van der Waals surface area contributed by atoms with Crippen molar-refractivity contribution in [2.75, 3.05) is 0 Å². The second-order valence-electron chi connectivity index (χ2n) is 10.8. The molecule has 0 aromatic carbocycles. The van der Waals surface area contributed by atoms with Crippen LogP contribution in [0.2, 0.25) is 0 Å². The van der Waals surface area contributed by atoms with Crippen molar-refractivity contribution in [1.29, 1.82) is 0 Å². The number of allylic oxidation sites excluding steroid dienone is 3. The fraction of sp³-hybridized carbons (Fsp3) is 0.690. The van der Waals surface area contributed by atoms with E-state index in [2.05, 4.69) is 6.92 Å². The largest absolute Gasteiger partial charge is 0.462 e. The van der Waals surface area contributed by atoms with Crippen LogP contribution in [0, 0.1) is 29.1 Å². The van der Waals surface area contributed by atoms with Gasteiger partial charge in [0.25, 0.3) is 0 Å². The molecular formula is C29H42O9. The summed E-state index contributed by atoms with van der Waals surface area (Å²) in [6.45, 7) is 11.0. The van der Waals surface area contributed by atoms with E-state index in [1.807, 2.05) is 6.92 Å². The smallest absolute Gasteiger partial charge is 0.308 e. The zero-order chi connectivity index (χ0) is 28.8. The number of esters is 3. The van der Waals surface area contributed by atoms with Crippen LogP contribution in [-0.2, 0) is 38.2 Å². The van der Waals surface area contributed by atoms with Gasteiger partial charge in [-0.1, -0.05) is 46.5 Å². The van der Waals surface area contributed by atoms with Crippen molar-refractivity contribution in [1.82, 2.24) is 0 Å². The first-order chi connectivity index (χ1) is 17.8. The highest BCUT2D eigenvalue weighted by Gasteiger charge is 2.63.